The number of hydrogen-bond donors (Lipinski definition) is 3. The van der Waals surface area contributed by atoms with Gasteiger partial charge in [0.05, 0.1) is 30.6 Å². The molecule has 4 aliphatic heterocycles. The summed E-state index contributed by atoms with van der Waals surface area (Å²) in [6.45, 7) is 4.39. The largest absolute Gasteiger partial charge is 0.477 e. The lowest BCUT2D eigenvalue weighted by molar-refractivity contribution is -0.160. The Hall–Kier alpha value is -2.91. The first-order valence-corrected chi connectivity index (χ1v) is 13.6. The average molecular weight is 551 g/mol. The second kappa shape index (κ2) is 10.3. The fourth-order valence-corrected chi connectivity index (χ4v) is 7.58. The normalized spacial score (nSPS) is 33.5. The van der Waals surface area contributed by atoms with E-state index in [0.29, 0.717) is 17.9 Å². The maximum atomic E-state index is 13.8. The van der Waals surface area contributed by atoms with Gasteiger partial charge in [0.1, 0.15) is 24.7 Å². The summed E-state index contributed by atoms with van der Waals surface area (Å²) in [7, 11) is 0. The number of carbonyl (C=O) groups is 4. The van der Waals surface area contributed by atoms with Crippen molar-refractivity contribution in [2.45, 2.75) is 62.8 Å². The highest BCUT2D eigenvalue weighted by atomic mass is 32.2. The molecule has 38 heavy (non-hydrogen) atoms. The van der Waals surface area contributed by atoms with Gasteiger partial charge < -0.3 is 26.0 Å². The van der Waals surface area contributed by atoms with E-state index in [0.717, 1.165) is 0 Å². The van der Waals surface area contributed by atoms with Crippen LogP contribution in [-0.2, 0) is 25.7 Å². The van der Waals surface area contributed by atoms with Gasteiger partial charge in [-0.15, -0.1) is 16.9 Å². The minimum atomic E-state index is -1.24. The number of rotatable bonds is 9. The van der Waals surface area contributed by atoms with Gasteiger partial charge in [-0.3, -0.25) is 14.4 Å². The number of nitrogens with zero attached hydrogens (tertiary/aromatic N) is 6. The van der Waals surface area contributed by atoms with E-state index in [1.165, 1.54) is 32.6 Å². The van der Waals surface area contributed by atoms with Crippen molar-refractivity contribution in [3.8, 4) is 0 Å². The number of thioether (sulfide) groups is 1. The number of carboxylic acid groups (broad SMARTS) is 1. The van der Waals surface area contributed by atoms with Crippen molar-refractivity contribution in [3.63, 3.8) is 0 Å². The van der Waals surface area contributed by atoms with Crippen molar-refractivity contribution in [2.24, 2.45) is 23.5 Å². The summed E-state index contributed by atoms with van der Waals surface area (Å²) < 4.78 is 15.1. The predicted molar refractivity (Wildman–Crippen MR) is 132 cm³/mol. The Morgan fingerprint density at radius 1 is 1.34 bits per heavy atom. The molecule has 0 aliphatic carbocycles. The summed E-state index contributed by atoms with van der Waals surface area (Å²) in [6.07, 6.45) is 0.715. The second-order valence-corrected chi connectivity index (χ2v) is 12.0. The van der Waals surface area contributed by atoms with E-state index in [-0.39, 0.29) is 72.5 Å². The molecule has 1 unspecified atom stereocenters. The first kappa shape index (κ1) is 26.7. The maximum Gasteiger partial charge on any atom is 0.353 e. The van der Waals surface area contributed by atoms with Crippen molar-refractivity contribution in [2.75, 3.05) is 19.6 Å². The standard InChI is InChI=1S/C23H31FN8O5S/c1-10(3-12(33)6-31-9-27-28-29-31)17-18-11(2)20(19(23(36)37)32(18)22(17)35)38-13-4-16(26-5-13)21(34)30-7-14(24)15(25)8-30/h9-11,13-18,26H,3-8,25H2,1-2H3,(H,36,37)/t10-,11+,13-,14-,15-,16?,17+,18+/m0/s1. The Bertz CT molecular complexity index is 1150. The van der Waals surface area contributed by atoms with Crippen molar-refractivity contribution in [3.05, 3.63) is 16.9 Å². The molecule has 3 saturated heterocycles. The number of Topliss-reactive ketones (excluding diaryl/α,β-unsaturated/α-hetero) is 1. The highest BCUT2D eigenvalue weighted by Crippen LogP contribution is 2.53. The Kier molecular flexibility index (Phi) is 7.26. The molecule has 0 aromatic carbocycles. The van der Waals surface area contributed by atoms with Crippen LogP contribution < -0.4 is 11.1 Å². The molecule has 0 spiro atoms. The molecule has 13 nitrogen and oxygen atoms in total. The number of carboxylic acids is 1. The highest BCUT2D eigenvalue weighted by molar-refractivity contribution is 8.03. The van der Waals surface area contributed by atoms with E-state index in [1.54, 1.807) is 0 Å². The zero-order valence-corrected chi connectivity index (χ0v) is 21.9. The van der Waals surface area contributed by atoms with Crippen LogP contribution in [0.2, 0.25) is 0 Å². The molecule has 4 aliphatic rings. The van der Waals surface area contributed by atoms with E-state index in [1.807, 2.05) is 13.8 Å². The second-order valence-electron chi connectivity index (χ2n) is 10.6. The van der Waals surface area contributed by atoms with Gasteiger partial charge in [-0.1, -0.05) is 13.8 Å². The van der Waals surface area contributed by atoms with Crippen molar-refractivity contribution in [1.29, 1.82) is 0 Å². The number of fused-ring (bicyclic) bond motifs is 1. The van der Waals surface area contributed by atoms with Crippen LogP contribution >= 0.6 is 11.8 Å². The number of likely N-dealkylation sites (tertiary alicyclic amines) is 1. The molecule has 15 heteroatoms. The van der Waals surface area contributed by atoms with Crippen molar-refractivity contribution >= 4 is 35.3 Å². The van der Waals surface area contributed by atoms with Gasteiger partial charge in [-0.05, 0) is 22.8 Å². The Balaban J connectivity index is 1.23. The first-order valence-electron chi connectivity index (χ1n) is 12.7. The van der Waals surface area contributed by atoms with E-state index in [4.69, 9.17) is 5.73 Å². The third-order valence-electron chi connectivity index (χ3n) is 7.97. The van der Waals surface area contributed by atoms with E-state index < -0.39 is 30.1 Å². The van der Waals surface area contributed by atoms with Crippen LogP contribution in [0.3, 0.4) is 0 Å². The number of hydrogen-bond acceptors (Lipinski definition) is 10. The molecular formula is C23H31FN8O5S. The average Bonchev–Trinajstić information content (AvgIpc) is 3.63. The number of aromatic nitrogens is 4. The lowest BCUT2D eigenvalue weighted by atomic mass is 9.73. The molecular weight excluding hydrogens is 519 g/mol. The van der Waals surface area contributed by atoms with Crippen molar-refractivity contribution < 1.29 is 28.7 Å². The molecule has 2 amide bonds. The fraction of sp³-hybridized carbons (Fsp3) is 0.696. The molecule has 206 valence electrons. The number of aliphatic carboxylic acids is 1. The third-order valence-corrected chi connectivity index (χ3v) is 9.48. The summed E-state index contributed by atoms with van der Waals surface area (Å²) in [4.78, 5) is 54.2. The highest BCUT2D eigenvalue weighted by Gasteiger charge is 2.60. The van der Waals surface area contributed by atoms with E-state index in [2.05, 4.69) is 20.8 Å². The minimum absolute atomic E-state index is 0.00578. The van der Waals surface area contributed by atoms with Crippen LogP contribution in [0.4, 0.5) is 4.39 Å². The SMILES string of the molecule is C[C@@H](CC(=O)Cn1cnnn1)[C@H]1C(=O)N2C(C(=O)O)=C(S[C@@H]3CNC(C(=O)N4C[C@H](N)[C@@H](F)C4)C3)[C@H](C)[C@H]12. The Labute approximate surface area is 222 Å². The number of β-lactam (4-membered cyclic amide) rings is 1. The molecule has 1 aromatic rings. The predicted octanol–water partition coefficient (Wildman–Crippen LogP) is -0.987. The molecule has 8 atom stereocenters. The number of amides is 2. The van der Waals surface area contributed by atoms with Crippen LogP contribution in [0.1, 0.15) is 26.7 Å². The zero-order chi connectivity index (χ0) is 27.3. The van der Waals surface area contributed by atoms with Crippen LogP contribution in [0.5, 0.6) is 0 Å². The number of nitrogens with one attached hydrogen (secondary N) is 1. The number of ketones is 1. The summed E-state index contributed by atoms with van der Waals surface area (Å²) >= 11 is 1.38. The van der Waals surface area contributed by atoms with Crippen LogP contribution in [-0.4, -0.2) is 108 Å². The molecule has 1 aromatic heterocycles. The summed E-state index contributed by atoms with van der Waals surface area (Å²) in [6, 6.07) is -1.51. The minimum Gasteiger partial charge on any atom is -0.477 e. The lowest BCUT2D eigenvalue weighted by Gasteiger charge is -2.47. The molecule has 0 radical (unpaired) electrons. The van der Waals surface area contributed by atoms with Gasteiger partial charge in [-0.2, -0.15) is 0 Å². The monoisotopic (exact) mass is 550 g/mol. The van der Waals surface area contributed by atoms with Crippen molar-refractivity contribution in [1.82, 2.24) is 35.3 Å². The first-order chi connectivity index (χ1) is 18.1. The fourth-order valence-electron chi connectivity index (χ4n) is 6.10. The third kappa shape index (κ3) is 4.71. The number of nitrogens with two attached hydrogens (primary N) is 1. The Morgan fingerprint density at radius 3 is 2.74 bits per heavy atom. The summed E-state index contributed by atoms with van der Waals surface area (Å²) in [5.41, 5.74) is 5.71. The van der Waals surface area contributed by atoms with Crippen LogP contribution in [0, 0.1) is 17.8 Å². The van der Waals surface area contributed by atoms with E-state index >= 15 is 0 Å². The lowest BCUT2D eigenvalue weighted by Crippen LogP contribution is -2.62. The van der Waals surface area contributed by atoms with Gasteiger partial charge >= 0.3 is 5.97 Å². The van der Waals surface area contributed by atoms with Gasteiger partial charge in [0.2, 0.25) is 11.8 Å². The molecule has 3 fully saturated rings. The number of halogens is 1. The zero-order valence-electron chi connectivity index (χ0n) is 21.1. The molecule has 0 bridgehead atoms. The molecule has 5 heterocycles. The van der Waals surface area contributed by atoms with Crippen LogP contribution in [0.25, 0.3) is 0 Å². The van der Waals surface area contributed by atoms with E-state index in [9.17, 15) is 28.7 Å². The van der Waals surface area contributed by atoms with Crippen LogP contribution in [0.15, 0.2) is 16.9 Å². The van der Waals surface area contributed by atoms with Gasteiger partial charge in [0.25, 0.3) is 0 Å². The smallest absolute Gasteiger partial charge is 0.353 e. The number of carbonyl (C=O) groups excluding carboxylic acids is 3. The number of alkyl halides is 1. The topological polar surface area (TPSA) is 177 Å². The quantitative estimate of drug-likeness (QED) is 0.322. The molecule has 5 rings (SSSR count). The maximum absolute atomic E-state index is 13.8. The summed E-state index contributed by atoms with van der Waals surface area (Å²) in [5.74, 6) is -2.76. The van der Waals surface area contributed by atoms with Gasteiger partial charge in [-0.25, -0.2) is 13.9 Å². The Morgan fingerprint density at radius 2 is 2.11 bits per heavy atom. The van der Waals surface area contributed by atoms with Gasteiger partial charge in [0.15, 0.2) is 5.78 Å². The number of tetrazole rings is 1. The molecule has 0 saturated carbocycles. The van der Waals surface area contributed by atoms with Gasteiger partial charge in [0, 0.05) is 35.6 Å². The molecule has 4 N–H and O–H groups in total. The summed E-state index contributed by atoms with van der Waals surface area (Å²) in [5, 5.41) is 23.8.